The van der Waals surface area contributed by atoms with Crippen LogP contribution in [0, 0.1) is 11.3 Å². The molecule has 0 aliphatic rings. The van der Waals surface area contributed by atoms with Gasteiger partial charge in [0.05, 0.1) is 0 Å². The molecule has 1 atom stereocenters. The van der Waals surface area contributed by atoms with Crippen molar-refractivity contribution in [3.05, 3.63) is 0 Å². The Bertz CT molecular complexity index is 324. The second kappa shape index (κ2) is 4.91. The molecule has 1 N–H and O–H groups in total. The van der Waals surface area contributed by atoms with Crippen molar-refractivity contribution in [1.82, 2.24) is 4.72 Å². The van der Waals surface area contributed by atoms with Crippen LogP contribution in [0.15, 0.2) is 0 Å². The smallest absolute Gasteiger partial charge is 0.207 e. The van der Waals surface area contributed by atoms with E-state index in [-0.39, 0.29) is 12.5 Å². The maximum atomic E-state index is 12.1. The highest BCUT2D eigenvalue weighted by molar-refractivity contribution is 7.90. The summed E-state index contributed by atoms with van der Waals surface area (Å²) in [5.41, 5.74) is -5.71. The lowest BCUT2D eigenvalue weighted by Gasteiger charge is -2.32. The number of sulfonamides is 1. The Morgan fingerprint density at radius 1 is 1.25 bits per heavy atom. The molecular formula is C9H18F3NO2S. The highest BCUT2D eigenvalue weighted by Crippen LogP contribution is 2.31. The van der Waals surface area contributed by atoms with Gasteiger partial charge in [-0.2, -0.15) is 13.2 Å². The Labute approximate surface area is 94.5 Å². The Balaban J connectivity index is 4.69. The Hall–Kier alpha value is -0.300. The minimum atomic E-state index is -5.24. The summed E-state index contributed by atoms with van der Waals surface area (Å²) in [6.45, 7) is 7.08. The van der Waals surface area contributed by atoms with Crippen molar-refractivity contribution in [3.63, 3.8) is 0 Å². The summed E-state index contributed by atoms with van der Waals surface area (Å²) >= 11 is 0. The number of rotatable bonds is 5. The van der Waals surface area contributed by atoms with Crippen LogP contribution in [-0.4, -0.2) is 20.5 Å². The van der Waals surface area contributed by atoms with Crippen molar-refractivity contribution in [3.8, 4) is 0 Å². The van der Waals surface area contributed by atoms with Gasteiger partial charge in [-0.3, -0.25) is 0 Å². The van der Waals surface area contributed by atoms with E-state index in [0.29, 0.717) is 6.42 Å². The first kappa shape index (κ1) is 15.7. The lowest BCUT2D eigenvalue weighted by atomic mass is 9.77. The highest BCUT2D eigenvalue weighted by Gasteiger charge is 2.46. The molecule has 0 rings (SSSR count). The SMILES string of the molecule is CCC(C)(CNS(=O)(=O)C(F)(F)F)C(C)C. The van der Waals surface area contributed by atoms with E-state index in [0.717, 1.165) is 0 Å². The molecule has 0 spiro atoms. The quantitative estimate of drug-likeness (QED) is 0.826. The van der Waals surface area contributed by atoms with Crippen LogP contribution < -0.4 is 4.72 Å². The maximum absolute atomic E-state index is 12.1. The molecule has 0 aromatic heterocycles. The molecule has 98 valence electrons. The first-order chi connectivity index (χ1) is 6.96. The van der Waals surface area contributed by atoms with E-state index in [9.17, 15) is 21.6 Å². The van der Waals surface area contributed by atoms with Crippen LogP contribution in [-0.2, 0) is 10.0 Å². The molecule has 16 heavy (non-hydrogen) atoms. The fourth-order valence-electron chi connectivity index (χ4n) is 1.08. The van der Waals surface area contributed by atoms with Gasteiger partial charge in [-0.25, -0.2) is 13.1 Å². The van der Waals surface area contributed by atoms with Gasteiger partial charge in [0.25, 0.3) is 0 Å². The van der Waals surface area contributed by atoms with Gasteiger partial charge in [0.2, 0.25) is 0 Å². The summed E-state index contributed by atoms with van der Waals surface area (Å²) in [4.78, 5) is 0. The van der Waals surface area contributed by atoms with Crippen LogP contribution in [0.5, 0.6) is 0 Å². The molecule has 0 fully saturated rings. The van der Waals surface area contributed by atoms with Crippen LogP contribution in [0.25, 0.3) is 0 Å². The fraction of sp³-hybridized carbons (Fsp3) is 1.00. The van der Waals surface area contributed by atoms with Crippen molar-refractivity contribution in [2.45, 2.75) is 39.6 Å². The molecular weight excluding hydrogens is 243 g/mol. The third-order valence-corrected chi connectivity index (χ3v) is 4.31. The minimum absolute atomic E-state index is 0.0911. The summed E-state index contributed by atoms with van der Waals surface area (Å²) in [5.74, 6) is 0.0911. The third-order valence-electron chi connectivity index (χ3n) is 3.17. The van der Waals surface area contributed by atoms with E-state index in [1.807, 2.05) is 20.8 Å². The summed E-state index contributed by atoms with van der Waals surface area (Å²) in [6, 6.07) is 0. The minimum Gasteiger partial charge on any atom is -0.207 e. The van der Waals surface area contributed by atoms with Crippen molar-refractivity contribution in [1.29, 1.82) is 0 Å². The van der Waals surface area contributed by atoms with E-state index >= 15 is 0 Å². The summed E-state index contributed by atoms with van der Waals surface area (Å²) in [6.07, 6.45) is 0.602. The zero-order valence-electron chi connectivity index (χ0n) is 9.85. The van der Waals surface area contributed by atoms with Crippen LogP contribution in [0.3, 0.4) is 0 Å². The zero-order valence-corrected chi connectivity index (χ0v) is 10.7. The lowest BCUT2D eigenvalue weighted by Crippen LogP contribution is -2.43. The Morgan fingerprint density at radius 3 is 1.94 bits per heavy atom. The molecule has 0 amide bonds. The number of nitrogens with one attached hydrogen (secondary N) is 1. The number of alkyl halides is 3. The average molecular weight is 261 g/mol. The molecule has 3 nitrogen and oxygen atoms in total. The Kier molecular flexibility index (Phi) is 4.82. The van der Waals surface area contributed by atoms with E-state index < -0.39 is 20.9 Å². The maximum Gasteiger partial charge on any atom is 0.511 e. The van der Waals surface area contributed by atoms with E-state index in [4.69, 9.17) is 0 Å². The molecule has 0 aromatic carbocycles. The van der Waals surface area contributed by atoms with Gasteiger partial charge in [-0.1, -0.05) is 27.7 Å². The van der Waals surface area contributed by atoms with Gasteiger partial charge in [-0.05, 0) is 17.8 Å². The summed E-state index contributed by atoms with van der Waals surface area (Å²) in [5, 5.41) is 0. The lowest BCUT2D eigenvalue weighted by molar-refractivity contribution is -0.0451. The number of halogens is 3. The average Bonchev–Trinajstić information content (AvgIpc) is 2.12. The Morgan fingerprint density at radius 2 is 1.69 bits per heavy atom. The summed E-state index contributed by atoms with van der Waals surface area (Å²) in [7, 11) is -5.22. The summed E-state index contributed by atoms with van der Waals surface area (Å²) < 4.78 is 59.4. The predicted molar refractivity (Wildman–Crippen MR) is 56.2 cm³/mol. The molecule has 0 saturated heterocycles. The largest absolute Gasteiger partial charge is 0.511 e. The molecule has 1 unspecified atom stereocenters. The van der Waals surface area contributed by atoms with Crippen molar-refractivity contribution in [2.75, 3.05) is 6.54 Å². The fourth-order valence-corrected chi connectivity index (χ4v) is 1.76. The molecule has 0 heterocycles. The van der Waals surface area contributed by atoms with Crippen LogP contribution in [0.4, 0.5) is 13.2 Å². The van der Waals surface area contributed by atoms with Crippen LogP contribution in [0.2, 0.25) is 0 Å². The van der Waals surface area contributed by atoms with Gasteiger partial charge in [0.15, 0.2) is 0 Å². The van der Waals surface area contributed by atoms with Crippen molar-refractivity contribution < 1.29 is 21.6 Å². The van der Waals surface area contributed by atoms with Gasteiger partial charge < -0.3 is 0 Å². The molecule has 0 aliphatic heterocycles. The monoisotopic (exact) mass is 261 g/mol. The molecule has 0 aliphatic carbocycles. The number of hydrogen-bond acceptors (Lipinski definition) is 2. The van der Waals surface area contributed by atoms with Crippen molar-refractivity contribution >= 4 is 10.0 Å². The van der Waals surface area contributed by atoms with Gasteiger partial charge in [0, 0.05) is 6.54 Å². The van der Waals surface area contributed by atoms with Crippen LogP contribution >= 0.6 is 0 Å². The highest BCUT2D eigenvalue weighted by atomic mass is 32.2. The molecule has 0 saturated carbocycles. The van der Waals surface area contributed by atoms with Crippen molar-refractivity contribution in [2.24, 2.45) is 11.3 Å². The van der Waals surface area contributed by atoms with Gasteiger partial charge in [0.1, 0.15) is 0 Å². The first-order valence-corrected chi connectivity index (χ1v) is 6.50. The normalized spacial score (nSPS) is 17.5. The zero-order chi connectivity index (χ0) is 13.2. The second-order valence-corrected chi connectivity index (χ2v) is 6.19. The standard InChI is InChI=1S/C9H18F3NO2S/c1-5-8(4,7(2)3)6-13-16(14,15)9(10,11)12/h7,13H,5-6H2,1-4H3. The van der Waals surface area contributed by atoms with E-state index in [1.165, 1.54) is 0 Å². The van der Waals surface area contributed by atoms with Crippen LogP contribution in [0.1, 0.15) is 34.1 Å². The topological polar surface area (TPSA) is 46.2 Å². The van der Waals surface area contributed by atoms with E-state index in [2.05, 4.69) is 0 Å². The molecule has 0 radical (unpaired) electrons. The predicted octanol–water partition coefficient (Wildman–Crippen LogP) is 2.50. The molecule has 0 bridgehead atoms. The van der Waals surface area contributed by atoms with Gasteiger partial charge in [-0.15, -0.1) is 0 Å². The number of hydrogen-bond donors (Lipinski definition) is 1. The van der Waals surface area contributed by atoms with Gasteiger partial charge >= 0.3 is 15.5 Å². The molecule has 0 aromatic rings. The molecule has 7 heteroatoms. The van der Waals surface area contributed by atoms with E-state index in [1.54, 1.807) is 11.6 Å². The first-order valence-electron chi connectivity index (χ1n) is 5.02. The third kappa shape index (κ3) is 3.62. The second-order valence-electron chi connectivity index (χ2n) is 4.43.